The Morgan fingerprint density at radius 3 is 0.364 bits per heavy atom. The zero-order chi connectivity index (χ0) is 10.0. The van der Waals surface area contributed by atoms with E-state index in [0.29, 0.717) is 0 Å². The molecule has 0 bridgehead atoms. The average molecular weight is 324 g/mol. The third kappa shape index (κ3) is 1370. The zero-order valence-corrected chi connectivity index (χ0v) is 7.88. The van der Waals surface area contributed by atoms with E-state index in [4.69, 9.17) is 23.3 Å². The summed E-state index contributed by atoms with van der Waals surface area (Å²) in [6.45, 7) is 22.5. The van der Waals surface area contributed by atoms with Crippen LogP contribution in [0.3, 0.4) is 0 Å². The summed E-state index contributed by atoms with van der Waals surface area (Å²) >= 11 is 0. The fourth-order valence-corrected chi connectivity index (χ4v) is 0. The summed E-state index contributed by atoms with van der Waals surface area (Å²) in [6, 6.07) is 0. The minimum Gasteiger partial charge on any atom is 0 e. The first kappa shape index (κ1) is 47.5. The van der Waals surface area contributed by atoms with Gasteiger partial charge in [0.2, 0.25) is 0 Å². The third-order valence-electron chi connectivity index (χ3n) is 0. The Hall–Kier alpha value is -0.612. The van der Waals surface area contributed by atoms with Gasteiger partial charge >= 0.3 is 56.5 Å². The standard InChI is InChI=1S/5CO.W/c5*1-2;. The summed E-state index contributed by atoms with van der Waals surface area (Å²) in [7, 11) is 0. The van der Waals surface area contributed by atoms with Crippen molar-refractivity contribution in [3.63, 3.8) is 0 Å². The molecule has 0 N–H and O–H groups in total. The van der Waals surface area contributed by atoms with Crippen molar-refractivity contribution in [3.05, 3.63) is 33.3 Å². The fourth-order valence-electron chi connectivity index (χ4n) is 0. The van der Waals surface area contributed by atoms with Crippen LogP contribution in [-0.4, -0.2) is 0 Å². The largest absolute Gasteiger partial charge is 0 e. The van der Waals surface area contributed by atoms with Crippen molar-refractivity contribution in [3.8, 4) is 0 Å². The van der Waals surface area contributed by atoms with E-state index in [0.717, 1.165) is 0 Å². The normalized spacial score (nSPS) is 0.909. The molecule has 0 aliphatic rings. The molecular weight excluding hydrogens is 324 g/mol. The van der Waals surface area contributed by atoms with E-state index in [1.165, 1.54) is 0 Å². The van der Waals surface area contributed by atoms with Crippen LogP contribution in [0.2, 0.25) is 0 Å². The second-order valence-corrected chi connectivity index (χ2v) is 0. The van der Waals surface area contributed by atoms with Crippen LogP contribution >= 0.6 is 0 Å². The van der Waals surface area contributed by atoms with E-state index in [1.807, 2.05) is 0 Å². The van der Waals surface area contributed by atoms with Gasteiger partial charge in [-0.15, -0.1) is 0 Å². The molecule has 11 heavy (non-hydrogen) atoms. The van der Waals surface area contributed by atoms with Gasteiger partial charge in [-0.05, 0) is 0 Å². The topological polar surface area (TPSA) is 99.5 Å². The van der Waals surface area contributed by atoms with Gasteiger partial charge in [0, 0.05) is 21.1 Å². The fraction of sp³-hybridized carbons (Fsp3) is 0. The summed E-state index contributed by atoms with van der Waals surface area (Å²) in [5.41, 5.74) is 0. The summed E-state index contributed by atoms with van der Waals surface area (Å²) < 4.78 is 37.5. The van der Waals surface area contributed by atoms with Crippen molar-refractivity contribution in [1.82, 2.24) is 0 Å². The molecule has 0 aromatic carbocycles. The molecule has 0 heterocycles. The molecule has 0 fully saturated rings. The van der Waals surface area contributed by atoms with Crippen molar-refractivity contribution in [2.24, 2.45) is 0 Å². The molecule has 0 rings (SSSR count). The Morgan fingerprint density at radius 2 is 0.364 bits per heavy atom. The Bertz CT molecular complexity index is 73.4. The van der Waals surface area contributed by atoms with Crippen molar-refractivity contribution in [1.29, 1.82) is 0 Å². The van der Waals surface area contributed by atoms with Crippen LogP contribution in [-0.2, 0) is 44.3 Å². The SMILES string of the molecule is [C-]#[O+].[C-]#[O+].[C-]#[O+].[C-]#[O+].[C-]#[O+].[W]. The van der Waals surface area contributed by atoms with E-state index in [-0.39, 0.29) is 21.1 Å². The van der Waals surface area contributed by atoms with E-state index in [9.17, 15) is 0 Å². The van der Waals surface area contributed by atoms with Gasteiger partial charge in [0.25, 0.3) is 0 Å². The molecule has 5 nitrogen and oxygen atoms in total. The van der Waals surface area contributed by atoms with E-state index >= 15 is 0 Å². The summed E-state index contributed by atoms with van der Waals surface area (Å²) in [5.74, 6) is 0. The molecule has 0 aromatic heterocycles. The van der Waals surface area contributed by atoms with Gasteiger partial charge in [-0.3, -0.25) is 0 Å². The van der Waals surface area contributed by atoms with Crippen LogP contribution in [0.4, 0.5) is 0 Å². The summed E-state index contributed by atoms with van der Waals surface area (Å²) in [6.07, 6.45) is 0. The van der Waals surface area contributed by atoms with Crippen LogP contribution in [0.25, 0.3) is 0 Å². The molecule has 0 saturated carbocycles. The minimum atomic E-state index is 0. The van der Waals surface area contributed by atoms with Gasteiger partial charge < -0.3 is 0 Å². The van der Waals surface area contributed by atoms with Crippen molar-refractivity contribution in [2.75, 3.05) is 0 Å². The molecule has 0 saturated heterocycles. The van der Waals surface area contributed by atoms with Crippen LogP contribution in [0.15, 0.2) is 0 Å². The van der Waals surface area contributed by atoms with Gasteiger partial charge in [0.15, 0.2) is 0 Å². The van der Waals surface area contributed by atoms with Crippen LogP contribution < -0.4 is 0 Å². The van der Waals surface area contributed by atoms with Crippen LogP contribution in [0.5, 0.6) is 0 Å². The third-order valence-corrected chi connectivity index (χ3v) is 0. The Kier molecular flexibility index (Phi) is 7630. The average Bonchev–Trinajstić information content (AvgIpc) is 2.20. The van der Waals surface area contributed by atoms with Crippen molar-refractivity contribution in [2.45, 2.75) is 0 Å². The second-order valence-electron chi connectivity index (χ2n) is 0. The summed E-state index contributed by atoms with van der Waals surface area (Å²) in [5, 5.41) is 0. The van der Waals surface area contributed by atoms with E-state index in [1.54, 1.807) is 0 Å². The maximum Gasteiger partial charge on any atom is 0 e. The quantitative estimate of drug-likeness (QED) is 0.436. The minimum absolute atomic E-state index is 0. The smallest absolute Gasteiger partial charge is 0 e. The Labute approximate surface area is 78.0 Å². The molecule has 0 aromatic rings. The molecule has 6 heteroatoms. The monoisotopic (exact) mass is 324 g/mol. The first-order valence-corrected chi connectivity index (χ1v) is 1.02. The predicted molar refractivity (Wildman–Crippen MR) is 19.6 cm³/mol. The predicted octanol–water partition coefficient (Wildman–Crippen LogP) is -0.190. The molecule has 0 aliphatic carbocycles. The van der Waals surface area contributed by atoms with Gasteiger partial charge in [-0.25, -0.2) is 0 Å². The Balaban J connectivity index is -0.00000000694. The van der Waals surface area contributed by atoms with E-state index < -0.39 is 0 Å². The van der Waals surface area contributed by atoms with Crippen molar-refractivity contribution >= 4 is 0 Å². The van der Waals surface area contributed by atoms with Gasteiger partial charge in [-0.2, -0.15) is 0 Å². The van der Waals surface area contributed by atoms with Crippen LogP contribution in [0.1, 0.15) is 0 Å². The molecule has 0 unspecified atom stereocenters. The number of hydrogen-bond donors (Lipinski definition) is 0. The number of hydrogen-bond acceptors (Lipinski definition) is 0. The molecule has 0 amide bonds. The first-order chi connectivity index (χ1) is 5.00. The zero-order valence-electron chi connectivity index (χ0n) is 4.95. The Morgan fingerprint density at radius 1 is 0.364 bits per heavy atom. The number of rotatable bonds is 0. The maximum atomic E-state index is 7.50. The van der Waals surface area contributed by atoms with Gasteiger partial charge in [0.1, 0.15) is 0 Å². The molecule has 0 spiro atoms. The van der Waals surface area contributed by atoms with Crippen LogP contribution in [0, 0.1) is 33.3 Å². The van der Waals surface area contributed by atoms with E-state index in [2.05, 4.69) is 33.3 Å². The summed E-state index contributed by atoms with van der Waals surface area (Å²) in [4.78, 5) is 0. The van der Waals surface area contributed by atoms with Gasteiger partial charge in [-0.1, -0.05) is 0 Å². The maximum absolute atomic E-state index is 7.50. The molecule has 0 radical (unpaired) electrons. The molecule has 56 valence electrons. The molecular formula is C5O5W. The molecule has 0 atom stereocenters. The first-order valence-electron chi connectivity index (χ1n) is 1.02. The van der Waals surface area contributed by atoms with Crippen molar-refractivity contribution < 1.29 is 44.3 Å². The second kappa shape index (κ2) is 1770. The van der Waals surface area contributed by atoms with Gasteiger partial charge in [0.05, 0.1) is 0 Å². The molecule has 0 aliphatic heterocycles.